The molecule has 1 saturated heterocycles. The van der Waals surface area contributed by atoms with Crippen LogP contribution in [0.1, 0.15) is 40.6 Å². The molecule has 1 aliphatic rings. The number of aryl methyl sites for hydroxylation is 1. The molecule has 1 aromatic heterocycles. The van der Waals surface area contributed by atoms with Crippen LogP contribution in [0.5, 0.6) is 0 Å². The molecule has 0 unspecified atom stereocenters. The molecule has 0 bridgehead atoms. The molecule has 152 valence electrons. The van der Waals surface area contributed by atoms with Crippen LogP contribution in [0.15, 0.2) is 41.4 Å². The minimum absolute atomic E-state index is 0. The van der Waals surface area contributed by atoms with Crippen LogP contribution in [0.4, 0.5) is 0 Å². The molecule has 28 heavy (non-hydrogen) atoms. The monoisotopic (exact) mass is 512 g/mol. The van der Waals surface area contributed by atoms with E-state index in [4.69, 9.17) is 4.99 Å². The smallest absolute Gasteiger partial charge is 0.222 e. The normalized spacial score (nSPS) is 14.1. The molecule has 1 amide bonds. The Labute approximate surface area is 188 Å². The number of carbonyl (C=O) groups excluding carboxylic acids is 1. The third kappa shape index (κ3) is 6.48. The summed E-state index contributed by atoms with van der Waals surface area (Å²) in [5.41, 5.74) is 2.35. The first-order valence-corrected chi connectivity index (χ1v) is 10.4. The van der Waals surface area contributed by atoms with Gasteiger partial charge in [-0.2, -0.15) is 0 Å². The molecule has 0 saturated carbocycles. The van der Waals surface area contributed by atoms with Crippen molar-refractivity contribution in [1.29, 1.82) is 0 Å². The van der Waals surface area contributed by atoms with Crippen molar-refractivity contribution in [3.63, 3.8) is 0 Å². The van der Waals surface area contributed by atoms with Crippen molar-refractivity contribution in [3.8, 4) is 0 Å². The molecule has 3 rings (SSSR count). The third-order valence-corrected chi connectivity index (χ3v) is 5.63. The lowest BCUT2D eigenvalue weighted by Gasteiger charge is -2.18. The number of nitrogens with zero attached hydrogens (tertiary/aromatic N) is 2. The molecular formula is C21H29IN4OS. The van der Waals surface area contributed by atoms with E-state index in [-0.39, 0.29) is 29.9 Å². The summed E-state index contributed by atoms with van der Waals surface area (Å²) in [5.74, 6) is 1.07. The van der Waals surface area contributed by atoms with Crippen molar-refractivity contribution in [3.05, 3.63) is 57.3 Å². The molecule has 1 fully saturated rings. The minimum atomic E-state index is 0. The van der Waals surface area contributed by atoms with Crippen LogP contribution in [-0.4, -0.2) is 29.9 Å². The predicted octanol–water partition coefficient (Wildman–Crippen LogP) is 4.05. The summed E-state index contributed by atoms with van der Waals surface area (Å²) < 4.78 is 0. The highest BCUT2D eigenvalue weighted by Gasteiger charge is 2.20. The molecule has 2 N–H and O–H groups in total. The zero-order valence-corrected chi connectivity index (χ0v) is 19.7. The van der Waals surface area contributed by atoms with Gasteiger partial charge >= 0.3 is 0 Å². The maximum atomic E-state index is 11.9. The number of nitrogens with one attached hydrogen (secondary N) is 2. The summed E-state index contributed by atoms with van der Waals surface area (Å²) in [5, 5.41) is 6.71. The topological polar surface area (TPSA) is 56.7 Å². The molecule has 5 nitrogen and oxygen atoms in total. The van der Waals surface area contributed by atoms with Gasteiger partial charge in [-0.05, 0) is 43.5 Å². The average molecular weight is 512 g/mol. The number of thiophene rings is 1. The number of rotatable bonds is 7. The van der Waals surface area contributed by atoms with Gasteiger partial charge in [0.05, 0.1) is 13.1 Å². The van der Waals surface area contributed by atoms with Crippen molar-refractivity contribution in [2.45, 2.75) is 46.3 Å². The van der Waals surface area contributed by atoms with E-state index in [9.17, 15) is 4.79 Å². The number of carbonyl (C=O) groups is 1. The zero-order valence-electron chi connectivity index (χ0n) is 16.5. The number of guanidine groups is 1. The number of hydrogen-bond acceptors (Lipinski definition) is 3. The zero-order chi connectivity index (χ0) is 19.1. The summed E-state index contributed by atoms with van der Waals surface area (Å²) in [4.78, 5) is 21.3. The van der Waals surface area contributed by atoms with Crippen molar-refractivity contribution in [1.82, 2.24) is 15.5 Å². The second-order valence-corrected chi connectivity index (χ2v) is 8.12. The van der Waals surface area contributed by atoms with Crippen LogP contribution in [0, 0.1) is 6.92 Å². The quantitative estimate of drug-likeness (QED) is 0.335. The van der Waals surface area contributed by atoms with E-state index >= 15 is 0 Å². The lowest BCUT2D eigenvalue weighted by atomic mass is 10.1. The number of amides is 1. The van der Waals surface area contributed by atoms with Crippen molar-refractivity contribution in [2.75, 3.05) is 13.1 Å². The first-order valence-electron chi connectivity index (χ1n) is 9.57. The Morgan fingerprint density at radius 2 is 1.96 bits per heavy atom. The van der Waals surface area contributed by atoms with Gasteiger partial charge in [0.25, 0.3) is 0 Å². The Morgan fingerprint density at radius 1 is 1.18 bits per heavy atom. The molecule has 0 atom stereocenters. The van der Waals surface area contributed by atoms with E-state index in [1.165, 1.54) is 20.9 Å². The van der Waals surface area contributed by atoms with Gasteiger partial charge in [-0.15, -0.1) is 35.3 Å². The highest BCUT2D eigenvalue weighted by Crippen LogP contribution is 2.18. The largest absolute Gasteiger partial charge is 0.357 e. The van der Waals surface area contributed by atoms with Crippen LogP contribution < -0.4 is 10.6 Å². The van der Waals surface area contributed by atoms with Gasteiger partial charge in [0.15, 0.2) is 5.96 Å². The predicted molar refractivity (Wildman–Crippen MR) is 127 cm³/mol. The van der Waals surface area contributed by atoms with E-state index in [2.05, 4.69) is 48.7 Å². The fourth-order valence-corrected chi connectivity index (χ4v) is 4.03. The summed E-state index contributed by atoms with van der Waals surface area (Å²) >= 11 is 1.80. The van der Waals surface area contributed by atoms with Crippen LogP contribution in [0.25, 0.3) is 0 Å². The molecule has 2 heterocycles. The number of halogens is 1. The second-order valence-electron chi connectivity index (χ2n) is 6.75. The van der Waals surface area contributed by atoms with Gasteiger partial charge in [-0.25, -0.2) is 4.99 Å². The SMILES string of the molecule is CCNC(=NCc1ccccc1CN1CCCC1=O)NCc1ccc(C)s1.I. The second kappa shape index (κ2) is 11.4. The molecule has 1 aliphatic heterocycles. The Balaban J connectivity index is 0.00000280. The van der Waals surface area contributed by atoms with E-state index in [0.717, 1.165) is 32.0 Å². The van der Waals surface area contributed by atoms with Gasteiger partial charge in [0.2, 0.25) is 5.91 Å². The average Bonchev–Trinajstić information content (AvgIpc) is 3.27. The number of hydrogen-bond donors (Lipinski definition) is 2. The third-order valence-electron chi connectivity index (χ3n) is 4.63. The van der Waals surface area contributed by atoms with Gasteiger partial charge < -0.3 is 15.5 Å². The first-order chi connectivity index (χ1) is 13.2. The molecule has 7 heteroatoms. The van der Waals surface area contributed by atoms with Crippen LogP contribution >= 0.6 is 35.3 Å². The molecule has 1 aromatic carbocycles. The highest BCUT2D eigenvalue weighted by molar-refractivity contribution is 14.0. The molecule has 0 spiro atoms. The van der Waals surface area contributed by atoms with Gasteiger partial charge in [0.1, 0.15) is 0 Å². The van der Waals surface area contributed by atoms with E-state index in [0.29, 0.717) is 19.5 Å². The van der Waals surface area contributed by atoms with Crippen molar-refractivity contribution < 1.29 is 4.79 Å². The molecule has 2 aromatic rings. The number of likely N-dealkylation sites (tertiary alicyclic amines) is 1. The van der Waals surface area contributed by atoms with Crippen LogP contribution in [0.2, 0.25) is 0 Å². The Bertz CT molecular complexity index is 805. The maximum absolute atomic E-state index is 11.9. The number of benzene rings is 1. The van der Waals surface area contributed by atoms with Crippen LogP contribution in [0.3, 0.4) is 0 Å². The lowest BCUT2D eigenvalue weighted by Crippen LogP contribution is -2.36. The maximum Gasteiger partial charge on any atom is 0.222 e. The fourth-order valence-electron chi connectivity index (χ4n) is 3.20. The summed E-state index contributed by atoms with van der Waals surface area (Å²) in [6.07, 6.45) is 1.65. The summed E-state index contributed by atoms with van der Waals surface area (Å²) in [6, 6.07) is 12.6. The molecule has 0 radical (unpaired) electrons. The van der Waals surface area contributed by atoms with E-state index < -0.39 is 0 Å². The lowest BCUT2D eigenvalue weighted by molar-refractivity contribution is -0.128. The summed E-state index contributed by atoms with van der Waals surface area (Å²) in [6.45, 7) is 7.92. The van der Waals surface area contributed by atoms with Crippen molar-refractivity contribution >= 4 is 47.2 Å². The van der Waals surface area contributed by atoms with Crippen LogP contribution in [-0.2, 0) is 24.4 Å². The van der Waals surface area contributed by atoms with E-state index in [1.54, 1.807) is 11.3 Å². The highest BCUT2D eigenvalue weighted by atomic mass is 127. The standard InChI is InChI=1S/C21H28N4OS.HI/c1-3-22-21(24-14-19-11-10-16(2)27-19)23-13-17-7-4-5-8-18(17)15-25-12-6-9-20(25)26;/h4-5,7-8,10-11H,3,6,9,12-15H2,1-2H3,(H2,22,23,24);1H. The summed E-state index contributed by atoms with van der Waals surface area (Å²) in [7, 11) is 0. The van der Waals surface area contributed by atoms with Gasteiger partial charge in [0, 0.05) is 35.8 Å². The Morgan fingerprint density at radius 3 is 2.61 bits per heavy atom. The number of aliphatic imine (C=N–C) groups is 1. The Hall–Kier alpha value is -1.61. The van der Waals surface area contributed by atoms with Gasteiger partial charge in [-0.3, -0.25) is 4.79 Å². The molecular weight excluding hydrogens is 483 g/mol. The minimum Gasteiger partial charge on any atom is -0.357 e. The van der Waals surface area contributed by atoms with Crippen molar-refractivity contribution in [2.24, 2.45) is 4.99 Å². The molecule has 0 aliphatic carbocycles. The van der Waals surface area contributed by atoms with E-state index in [1.807, 2.05) is 17.0 Å². The van der Waals surface area contributed by atoms with Gasteiger partial charge in [-0.1, -0.05) is 24.3 Å². The first kappa shape index (κ1) is 22.7. The Kier molecular flexibility index (Phi) is 9.24. The fraction of sp³-hybridized carbons (Fsp3) is 0.429.